The number of hydrogen-bond donors (Lipinski definition) is 1. The third kappa shape index (κ3) is 6.99. The van der Waals surface area contributed by atoms with Crippen molar-refractivity contribution < 1.29 is 23.8 Å². The van der Waals surface area contributed by atoms with Crippen LogP contribution < -0.4 is 14.8 Å². The first-order valence-electron chi connectivity index (χ1n) is 11.9. The normalized spacial score (nSPS) is 12.1. The molecule has 1 unspecified atom stereocenters. The van der Waals surface area contributed by atoms with Crippen LogP contribution >= 0.6 is 0 Å². The van der Waals surface area contributed by atoms with Gasteiger partial charge in [-0.3, -0.25) is 4.79 Å². The molecule has 0 bridgehead atoms. The maximum absolute atomic E-state index is 13.3. The van der Waals surface area contributed by atoms with Crippen LogP contribution in [0.3, 0.4) is 0 Å². The van der Waals surface area contributed by atoms with Crippen molar-refractivity contribution in [1.29, 1.82) is 0 Å². The van der Waals surface area contributed by atoms with E-state index in [1.54, 1.807) is 26.4 Å². The summed E-state index contributed by atoms with van der Waals surface area (Å²) in [5, 5.41) is 3.07. The van der Waals surface area contributed by atoms with Gasteiger partial charge in [0.25, 0.3) is 0 Å². The summed E-state index contributed by atoms with van der Waals surface area (Å²) >= 11 is 0. The maximum atomic E-state index is 13.3. The van der Waals surface area contributed by atoms with Crippen molar-refractivity contribution in [2.75, 3.05) is 26.6 Å². The number of hydrogen-bond acceptors (Lipinski definition) is 5. The Kier molecular flexibility index (Phi) is 9.97. The second-order valence-electron chi connectivity index (χ2n) is 9.52. The van der Waals surface area contributed by atoms with E-state index in [4.69, 9.17) is 14.2 Å². The lowest BCUT2D eigenvalue weighted by molar-refractivity contribution is -0.116. The highest BCUT2D eigenvalue weighted by Crippen LogP contribution is 2.40. The van der Waals surface area contributed by atoms with E-state index in [1.807, 2.05) is 24.3 Å². The van der Waals surface area contributed by atoms with E-state index < -0.39 is 5.97 Å². The Morgan fingerprint density at radius 2 is 1.62 bits per heavy atom. The Balaban J connectivity index is 2.39. The number of carbonyl (C=O) groups excluding carboxylic acids is 2. The topological polar surface area (TPSA) is 73.9 Å². The first kappa shape index (κ1) is 27.2. The molecular formula is C28H39NO5. The molecule has 2 rings (SSSR count). The fourth-order valence-electron chi connectivity index (χ4n) is 4.24. The zero-order valence-electron chi connectivity index (χ0n) is 21.6. The molecule has 2 aromatic carbocycles. The number of nitrogens with one attached hydrogen (secondary N) is 1. The fourth-order valence-corrected chi connectivity index (χ4v) is 4.24. The summed E-state index contributed by atoms with van der Waals surface area (Å²) in [6.07, 6.45) is 4.29. The number of methoxy groups -OCH3 is 3. The van der Waals surface area contributed by atoms with Gasteiger partial charge in [0.05, 0.1) is 26.9 Å². The van der Waals surface area contributed by atoms with E-state index in [1.165, 1.54) is 7.11 Å². The molecule has 0 aliphatic carbocycles. The summed E-state index contributed by atoms with van der Waals surface area (Å²) in [5.41, 5.74) is 2.67. The molecule has 0 radical (unpaired) electrons. The van der Waals surface area contributed by atoms with Gasteiger partial charge < -0.3 is 19.5 Å². The van der Waals surface area contributed by atoms with Crippen LogP contribution in [-0.4, -0.2) is 33.2 Å². The second kappa shape index (κ2) is 12.4. The molecule has 6 heteroatoms. The lowest BCUT2D eigenvalue weighted by atomic mass is 9.84. The number of unbranched alkanes of at least 4 members (excludes halogenated alkanes) is 2. The molecule has 1 atom stereocenters. The van der Waals surface area contributed by atoms with E-state index in [-0.39, 0.29) is 23.7 Å². The number of amides is 1. The van der Waals surface area contributed by atoms with Crippen LogP contribution in [0.5, 0.6) is 11.5 Å². The average Bonchev–Trinajstić information content (AvgIpc) is 2.81. The number of anilines is 1. The molecule has 0 aliphatic rings. The summed E-state index contributed by atoms with van der Waals surface area (Å²) in [6.45, 7) is 8.38. The molecule has 1 amide bonds. The van der Waals surface area contributed by atoms with E-state index in [2.05, 4.69) is 33.0 Å². The molecule has 0 aromatic heterocycles. The van der Waals surface area contributed by atoms with E-state index >= 15 is 0 Å². The Morgan fingerprint density at radius 3 is 2.15 bits per heavy atom. The van der Waals surface area contributed by atoms with Gasteiger partial charge in [-0.2, -0.15) is 0 Å². The SMILES string of the molecule is CCCCCC(CC(=O)Nc1cc(C(=O)OC)ccc1C(C)(C)C)c1c(OC)cccc1OC. The molecule has 0 spiro atoms. The largest absolute Gasteiger partial charge is 0.496 e. The average molecular weight is 470 g/mol. The smallest absolute Gasteiger partial charge is 0.337 e. The number of benzene rings is 2. The van der Waals surface area contributed by atoms with Crippen LogP contribution in [0.2, 0.25) is 0 Å². The van der Waals surface area contributed by atoms with Crippen LogP contribution in [0.15, 0.2) is 36.4 Å². The molecule has 0 saturated carbocycles. The Morgan fingerprint density at radius 1 is 0.971 bits per heavy atom. The monoisotopic (exact) mass is 469 g/mol. The van der Waals surface area contributed by atoms with E-state index in [9.17, 15) is 9.59 Å². The lowest BCUT2D eigenvalue weighted by Crippen LogP contribution is -2.21. The third-order valence-electron chi connectivity index (χ3n) is 5.98. The molecule has 1 N–H and O–H groups in total. The first-order chi connectivity index (χ1) is 16.2. The number of ether oxygens (including phenoxy) is 3. The highest BCUT2D eigenvalue weighted by Gasteiger charge is 2.25. The molecule has 34 heavy (non-hydrogen) atoms. The van der Waals surface area contributed by atoms with Gasteiger partial charge in [0, 0.05) is 17.7 Å². The van der Waals surface area contributed by atoms with Crippen LogP contribution in [0, 0.1) is 0 Å². The van der Waals surface area contributed by atoms with Gasteiger partial charge in [-0.05, 0) is 47.6 Å². The minimum atomic E-state index is -0.438. The molecule has 2 aromatic rings. The van der Waals surface area contributed by atoms with E-state index in [0.29, 0.717) is 11.3 Å². The van der Waals surface area contributed by atoms with Crippen LogP contribution in [0.4, 0.5) is 5.69 Å². The Hall–Kier alpha value is -3.02. The van der Waals surface area contributed by atoms with Crippen molar-refractivity contribution >= 4 is 17.6 Å². The van der Waals surface area contributed by atoms with Gasteiger partial charge in [-0.25, -0.2) is 4.79 Å². The summed E-state index contributed by atoms with van der Waals surface area (Å²) < 4.78 is 16.1. The van der Waals surface area contributed by atoms with Crippen LogP contribution in [0.25, 0.3) is 0 Å². The van der Waals surface area contributed by atoms with Gasteiger partial charge in [0.15, 0.2) is 0 Å². The molecule has 186 valence electrons. The predicted octanol–water partition coefficient (Wildman–Crippen LogP) is 6.48. The van der Waals surface area contributed by atoms with Gasteiger partial charge in [0.1, 0.15) is 11.5 Å². The minimum Gasteiger partial charge on any atom is -0.496 e. The summed E-state index contributed by atoms with van der Waals surface area (Å²) in [6, 6.07) is 11.0. The highest BCUT2D eigenvalue weighted by molar-refractivity contribution is 5.96. The Bertz CT molecular complexity index is 955. The fraction of sp³-hybridized carbons (Fsp3) is 0.500. The second-order valence-corrected chi connectivity index (χ2v) is 9.52. The van der Waals surface area contributed by atoms with E-state index in [0.717, 1.165) is 48.3 Å². The third-order valence-corrected chi connectivity index (χ3v) is 5.98. The van der Waals surface area contributed by atoms with Gasteiger partial charge >= 0.3 is 5.97 Å². The summed E-state index contributed by atoms with van der Waals surface area (Å²) in [7, 11) is 4.62. The van der Waals surface area contributed by atoms with Crippen LogP contribution in [0.1, 0.15) is 87.2 Å². The van der Waals surface area contributed by atoms with Crippen molar-refractivity contribution in [2.24, 2.45) is 0 Å². The molecule has 0 aliphatic heterocycles. The summed E-state index contributed by atoms with van der Waals surface area (Å²) in [4.78, 5) is 25.4. The predicted molar refractivity (Wildman–Crippen MR) is 136 cm³/mol. The summed E-state index contributed by atoms with van der Waals surface area (Å²) in [5.74, 6) is 0.807. The van der Waals surface area contributed by atoms with Crippen molar-refractivity contribution in [3.63, 3.8) is 0 Å². The molecule has 0 saturated heterocycles. The zero-order valence-corrected chi connectivity index (χ0v) is 21.6. The molecule has 0 heterocycles. The first-order valence-corrected chi connectivity index (χ1v) is 11.9. The lowest BCUT2D eigenvalue weighted by Gasteiger charge is -2.25. The minimum absolute atomic E-state index is 0.0699. The molecule has 6 nitrogen and oxygen atoms in total. The van der Waals surface area contributed by atoms with Crippen molar-refractivity contribution in [2.45, 2.75) is 71.1 Å². The van der Waals surface area contributed by atoms with Crippen molar-refractivity contribution in [3.8, 4) is 11.5 Å². The van der Waals surface area contributed by atoms with Crippen LogP contribution in [-0.2, 0) is 14.9 Å². The maximum Gasteiger partial charge on any atom is 0.337 e. The molecule has 0 fully saturated rings. The number of carbonyl (C=O) groups is 2. The van der Waals surface area contributed by atoms with Crippen molar-refractivity contribution in [3.05, 3.63) is 53.1 Å². The standard InChI is InChI=1S/C28H39NO5/c1-8-9-10-12-19(26-23(32-5)13-11-14-24(26)33-6)18-25(30)29-22-17-20(27(31)34-7)15-16-21(22)28(2,3)4/h11,13-17,19H,8-10,12,18H2,1-7H3,(H,29,30). The van der Waals surface area contributed by atoms with Gasteiger partial charge in [0.2, 0.25) is 5.91 Å². The highest BCUT2D eigenvalue weighted by atomic mass is 16.5. The zero-order chi connectivity index (χ0) is 25.3. The Labute approximate surface area is 204 Å². The molecular weight excluding hydrogens is 430 g/mol. The van der Waals surface area contributed by atoms with Gasteiger partial charge in [-0.15, -0.1) is 0 Å². The number of rotatable bonds is 11. The quantitative estimate of drug-likeness (QED) is 0.301. The van der Waals surface area contributed by atoms with Crippen molar-refractivity contribution in [1.82, 2.24) is 0 Å². The van der Waals surface area contributed by atoms with Gasteiger partial charge in [-0.1, -0.05) is 59.1 Å². The number of esters is 1.